The van der Waals surface area contributed by atoms with Gasteiger partial charge in [-0.2, -0.15) is 0 Å². The number of aromatic amines is 1. The van der Waals surface area contributed by atoms with Crippen LogP contribution >= 0.6 is 0 Å². The van der Waals surface area contributed by atoms with Gasteiger partial charge >= 0.3 is 0 Å². The lowest BCUT2D eigenvalue weighted by Gasteiger charge is -2.14. The summed E-state index contributed by atoms with van der Waals surface area (Å²) in [5.74, 6) is 0. The first kappa shape index (κ1) is 21.0. The van der Waals surface area contributed by atoms with Crippen molar-refractivity contribution < 1.29 is 0 Å². The zero-order valence-corrected chi connectivity index (χ0v) is 20.7. The first-order chi connectivity index (χ1) is 18.8. The summed E-state index contributed by atoms with van der Waals surface area (Å²) in [6.07, 6.45) is 0. The van der Waals surface area contributed by atoms with Crippen molar-refractivity contribution in [2.75, 3.05) is 0 Å². The minimum absolute atomic E-state index is 1.17. The molecule has 0 aliphatic heterocycles. The van der Waals surface area contributed by atoms with E-state index in [1.807, 2.05) is 0 Å². The van der Waals surface area contributed by atoms with E-state index in [1.54, 1.807) is 0 Å². The van der Waals surface area contributed by atoms with Crippen LogP contribution in [0.15, 0.2) is 140 Å². The maximum absolute atomic E-state index is 3.55. The summed E-state index contributed by atoms with van der Waals surface area (Å²) in [6, 6.07) is 50.3. The second kappa shape index (κ2) is 8.22. The molecule has 0 spiro atoms. The Hall–Kier alpha value is -5.08. The molecular weight excluding hydrogens is 460 g/mol. The molecule has 0 aliphatic carbocycles. The standard InChI is InChI=1S/C36H24N2/c1-2-10-24(11-3-1)27-12-5-8-16-34(27)38-35-17-9-6-14-29(35)31-23-26(19-21-36(31)38)25-18-20-33-30(22-25)28-13-4-7-15-32(28)37-33/h1-23,37H. The Morgan fingerprint density at radius 1 is 0.395 bits per heavy atom. The van der Waals surface area contributed by atoms with Crippen molar-refractivity contribution in [2.45, 2.75) is 0 Å². The lowest BCUT2D eigenvalue weighted by molar-refractivity contribution is 1.18. The Bertz CT molecular complexity index is 2130. The highest BCUT2D eigenvalue weighted by molar-refractivity contribution is 6.12. The molecule has 0 atom stereocenters. The van der Waals surface area contributed by atoms with E-state index in [0.717, 1.165) is 0 Å². The Kier molecular flexibility index (Phi) is 4.55. The van der Waals surface area contributed by atoms with Crippen LogP contribution in [0.5, 0.6) is 0 Å². The number of fused-ring (bicyclic) bond motifs is 6. The van der Waals surface area contributed by atoms with Gasteiger partial charge in [-0.1, -0.05) is 97.1 Å². The van der Waals surface area contributed by atoms with Gasteiger partial charge < -0.3 is 9.55 Å². The average molecular weight is 485 g/mol. The molecule has 0 saturated heterocycles. The zero-order valence-electron chi connectivity index (χ0n) is 20.7. The summed E-state index contributed by atoms with van der Waals surface area (Å²) in [6.45, 7) is 0. The van der Waals surface area contributed by atoms with Crippen LogP contribution in [0.25, 0.3) is 71.6 Å². The number of benzene rings is 6. The number of H-pyrrole nitrogens is 1. The summed E-state index contributed by atoms with van der Waals surface area (Å²) in [5, 5.41) is 5.05. The fourth-order valence-corrected chi connectivity index (χ4v) is 5.97. The molecule has 8 rings (SSSR count). The molecule has 0 radical (unpaired) electrons. The van der Waals surface area contributed by atoms with Crippen LogP contribution in [0.3, 0.4) is 0 Å². The van der Waals surface area contributed by atoms with E-state index in [2.05, 4.69) is 149 Å². The summed E-state index contributed by atoms with van der Waals surface area (Å²) in [7, 11) is 0. The van der Waals surface area contributed by atoms with Crippen molar-refractivity contribution >= 4 is 43.6 Å². The lowest BCUT2D eigenvalue weighted by Crippen LogP contribution is -1.96. The highest BCUT2D eigenvalue weighted by Crippen LogP contribution is 2.38. The molecule has 8 aromatic rings. The zero-order chi connectivity index (χ0) is 25.1. The van der Waals surface area contributed by atoms with Gasteiger partial charge in [-0.3, -0.25) is 0 Å². The van der Waals surface area contributed by atoms with E-state index in [1.165, 1.54) is 71.6 Å². The molecule has 2 nitrogen and oxygen atoms in total. The minimum Gasteiger partial charge on any atom is -0.355 e. The van der Waals surface area contributed by atoms with E-state index >= 15 is 0 Å². The third-order valence-corrected chi connectivity index (χ3v) is 7.74. The van der Waals surface area contributed by atoms with Crippen LogP contribution < -0.4 is 0 Å². The third-order valence-electron chi connectivity index (χ3n) is 7.74. The molecule has 1 N–H and O–H groups in total. The van der Waals surface area contributed by atoms with Crippen LogP contribution in [-0.2, 0) is 0 Å². The highest BCUT2D eigenvalue weighted by atomic mass is 15.0. The smallest absolute Gasteiger partial charge is 0.0541 e. The molecule has 0 bridgehead atoms. The minimum atomic E-state index is 1.17. The monoisotopic (exact) mass is 484 g/mol. The Morgan fingerprint density at radius 2 is 1.03 bits per heavy atom. The van der Waals surface area contributed by atoms with Crippen LogP contribution in [0.4, 0.5) is 0 Å². The molecule has 0 unspecified atom stereocenters. The van der Waals surface area contributed by atoms with Crippen LogP contribution in [0, 0.1) is 0 Å². The molecule has 6 aromatic carbocycles. The summed E-state index contributed by atoms with van der Waals surface area (Å²) >= 11 is 0. The van der Waals surface area contributed by atoms with Gasteiger partial charge in [0, 0.05) is 38.1 Å². The second-order valence-electron chi connectivity index (χ2n) is 9.90. The molecule has 2 aromatic heterocycles. The van der Waals surface area contributed by atoms with Gasteiger partial charge in [0.05, 0.1) is 16.7 Å². The normalized spacial score (nSPS) is 11.7. The maximum atomic E-state index is 3.55. The maximum Gasteiger partial charge on any atom is 0.0541 e. The van der Waals surface area contributed by atoms with Gasteiger partial charge in [-0.05, 0) is 59.2 Å². The number of aromatic nitrogens is 2. The number of hydrogen-bond acceptors (Lipinski definition) is 0. The fraction of sp³-hybridized carbons (Fsp3) is 0. The Morgan fingerprint density at radius 3 is 1.92 bits per heavy atom. The number of hydrogen-bond donors (Lipinski definition) is 1. The Labute approximate surface area is 220 Å². The summed E-state index contributed by atoms with van der Waals surface area (Å²) < 4.78 is 2.42. The van der Waals surface area contributed by atoms with Gasteiger partial charge in [0.2, 0.25) is 0 Å². The van der Waals surface area contributed by atoms with E-state index in [-0.39, 0.29) is 0 Å². The lowest BCUT2D eigenvalue weighted by atomic mass is 10.0. The quantitative estimate of drug-likeness (QED) is 0.258. The first-order valence-corrected chi connectivity index (χ1v) is 13.0. The summed E-state index contributed by atoms with van der Waals surface area (Å²) in [5.41, 5.74) is 10.9. The van der Waals surface area contributed by atoms with Crippen molar-refractivity contribution in [3.63, 3.8) is 0 Å². The number of rotatable bonds is 3. The van der Waals surface area contributed by atoms with E-state index < -0.39 is 0 Å². The van der Waals surface area contributed by atoms with Gasteiger partial charge in [0.15, 0.2) is 0 Å². The topological polar surface area (TPSA) is 20.7 Å². The summed E-state index contributed by atoms with van der Waals surface area (Å²) in [4.78, 5) is 3.55. The van der Waals surface area contributed by atoms with E-state index in [9.17, 15) is 0 Å². The Balaban J connectivity index is 1.37. The van der Waals surface area contributed by atoms with Gasteiger partial charge in [-0.25, -0.2) is 0 Å². The molecule has 0 amide bonds. The molecular formula is C36H24N2. The largest absolute Gasteiger partial charge is 0.355 e. The number of para-hydroxylation sites is 3. The highest BCUT2D eigenvalue weighted by Gasteiger charge is 2.16. The molecule has 2 heteroatoms. The van der Waals surface area contributed by atoms with Crippen LogP contribution in [-0.4, -0.2) is 9.55 Å². The second-order valence-corrected chi connectivity index (χ2v) is 9.90. The SMILES string of the molecule is c1ccc(-c2ccccc2-n2c3ccccc3c3cc(-c4ccc5[nH]c6ccccc6c5c4)ccc32)cc1. The predicted molar refractivity (Wildman–Crippen MR) is 161 cm³/mol. The number of nitrogens with zero attached hydrogens (tertiary/aromatic N) is 1. The van der Waals surface area contributed by atoms with Crippen molar-refractivity contribution in [3.8, 4) is 27.9 Å². The van der Waals surface area contributed by atoms with E-state index in [4.69, 9.17) is 0 Å². The third kappa shape index (κ3) is 3.14. The van der Waals surface area contributed by atoms with Gasteiger partial charge in [0.25, 0.3) is 0 Å². The first-order valence-electron chi connectivity index (χ1n) is 13.0. The molecule has 0 aliphatic rings. The van der Waals surface area contributed by atoms with Gasteiger partial charge in [0.1, 0.15) is 0 Å². The van der Waals surface area contributed by atoms with Crippen molar-refractivity contribution in [1.29, 1.82) is 0 Å². The predicted octanol–water partition coefficient (Wildman–Crippen LogP) is 9.75. The van der Waals surface area contributed by atoms with Crippen LogP contribution in [0.2, 0.25) is 0 Å². The van der Waals surface area contributed by atoms with E-state index in [0.29, 0.717) is 0 Å². The average Bonchev–Trinajstić information content (AvgIpc) is 3.52. The molecule has 178 valence electrons. The van der Waals surface area contributed by atoms with Gasteiger partial charge in [-0.15, -0.1) is 0 Å². The van der Waals surface area contributed by atoms with Crippen LogP contribution in [0.1, 0.15) is 0 Å². The molecule has 0 fully saturated rings. The molecule has 2 heterocycles. The number of nitrogens with one attached hydrogen (secondary N) is 1. The molecule has 0 saturated carbocycles. The van der Waals surface area contributed by atoms with Crippen molar-refractivity contribution in [3.05, 3.63) is 140 Å². The molecule has 38 heavy (non-hydrogen) atoms. The van der Waals surface area contributed by atoms with Crippen molar-refractivity contribution in [2.24, 2.45) is 0 Å². The van der Waals surface area contributed by atoms with Crippen molar-refractivity contribution in [1.82, 2.24) is 9.55 Å². The fourth-order valence-electron chi connectivity index (χ4n) is 5.97.